The highest BCUT2D eigenvalue weighted by molar-refractivity contribution is 9.10. The van der Waals surface area contributed by atoms with E-state index in [4.69, 9.17) is 10.2 Å². The molecule has 0 aliphatic heterocycles. The summed E-state index contributed by atoms with van der Waals surface area (Å²) in [5.74, 6) is 0.967. The molecule has 2 N–H and O–H groups in total. The molecule has 0 saturated carbocycles. The molecule has 0 aliphatic rings. The second-order valence-electron chi connectivity index (χ2n) is 5.00. The summed E-state index contributed by atoms with van der Waals surface area (Å²) in [5, 5.41) is 0. The van der Waals surface area contributed by atoms with Crippen molar-refractivity contribution in [1.29, 1.82) is 0 Å². The lowest BCUT2D eigenvalue weighted by molar-refractivity contribution is 0.164. The topological polar surface area (TPSA) is 42.4 Å². The highest BCUT2D eigenvalue weighted by atomic mass is 79.9. The van der Waals surface area contributed by atoms with Crippen LogP contribution in [0.1, 0.15) is 31.2 Å². The van der Waals surface area contributed by atoms with Crippen LogP contribution in [0.4, 0.5) is 0 Å². The predicted octanol–water partition coefficient (Wildman–Crippen LogP) is 3.95. The van der Waals surface area contributed by atoms with E-state index in [-0.39, 0.29) is 12.1 Å². The average molecular weight is 337 g/mol. The lowest BCUT2D eigenvalue weighted by atomic mass is 9.99. The molecule has 4 heteroatoms. The molecule has 0 fully saturated rings. The van der Waals surface area contributed by atoms with E-state index in [9.17, 15) is 0 Å². The molecular weight excluding hydrogens is 316 g/mol. The minimum Gasteiger partial charge on any atom is -0.468 e. The largest absolute Gasteiger partial charge is 0.468 e. The van der Waals surface area contributed by atoms with E-state index >= 15 is 0 Å². The molecule has 20 heavy (non-hydrogen) atoms. The SMILES string of the molecule is CCN(Cc1ccco1)C(c1ccc(Br)cc1)C(C)N. The summed E-state index contributed by atoms with van der Waals surface area (Å²) in [5.41, 5.74) is 7.46. The van der Waals surface area contributed by atoms with Gasteiger partial charge in [-0.15, -0.1) is 0 Å². The highest BCUT2D eigenvalue weighted by Crippen LogP contribution is 2.26. The van der Waals surface area contributed by atoms with Gasteiger partial charge in [0.1, 0.15) is 5.76 Å². The highest BCUT2D eigenvalue weighted by Gasteiger charge is 2.23. The third-order valence-corrected chi connectivity index (χ3v) is 3.98. The maximum Gasteiger partial charge on any atom is 0.117 e. The Bertz CT molecular complexity index is 508. The summed E-state index contributed by atoms with van der Waals surface area (Å²) in [6.45, 7) is 5.89. The van der Waals surface area contributed by atoms with Crippen LogP contribution >= 0.6 is 15.9 Å². The fourth-order valence-electron chi connectivity index (χ4n) is 2.52. The molecule has 0 aliphatic carbocycles. The Kier molecular flexibility index (Phi) is 5.40. The third kappa shape index (κ3) is 3.72. The summed E-state index contributed by atoms with van der Waals surface area (Å²) < 4.78 is 6.54. The van der Waals surface area contributed by atoms with Crippen LogP contribution < -0.4 is 5.73 Å². The quantitative estimate of drug-likeness (QED) is 0.868. The summed E-state index contributed by atoms with van der Waals surface area (Å²) in [6, 6.07) is 12.5. The maximum absolute atomic E-state index is 6.23. The summed E-state index contributed by atoms with van der Waals surface area (Å²) in [6.07, 6.45) is 1.71. The molecule has 0 bridgehead atoms. The smallest absolute Gasteiger partial charge is 0.117 e. The van der Waals surface area contributed by atoms with Crippen molar-refractivity contribution in [2.75, 3.05) is 6.54 Å². The summed E-state index contributed by atoms with van der Waals surface area (Å²) in [4.78, 5) is 2.34. The Balaban J connectivity index is 2.23. The number of halogens is 1. The van der Waals surface area contributed by atoms with Crippen LogP contribution in [0.3, 0.4) is 0 Å². The van der Waals surface area contributed by atoms with Crippen LogP contribution in [0.5, 0.6) is 0 Å². The van der Waals surface area contributed by atoms with Crippen molar-refractivity contribution < 1.29 is 4.42 Å². The Hall–Kier alpha value is -1.10. The maximum atomic E-state index is 6.23. The first kappa shape index (κ1) is 15.3. The third-order valence-electron chi connectivity index (χ3n) is 3.45. The van der Waals surface area contributed by atoms with Gasteiger partial charge in [0.05, 0.1) is 18.8 Å². The fraction of sp³-hybridized carbons (Fsp3) is 0.375. The number of hydrogen-bond acceptors (Lipinski definition) is 3. The van der Waals surface area contributed by atoms with Crippen molar-refractivity contribution in [2.24, 2.45) is 5.73 Å². The van der Waals surface area contributed by atoms with Crippen molar-refractivity contribution in [3.05, 3.63) is 58.5 Å². The Labute approximate surface area is 128 Å². The molecule has 2 aromatic rings. The normalized spacial score (nSPS) is 14.4. The minimum absolute atomic E-state index is 0.0473. The van der Waals surface area contributed by atoms with Gasteiger partial charge in [0, 0.05) is 10.5 Å². The molecule has 2 unspecified atom stereocenters. The van der Waals surface area contributed by atoms with E-state index in [1.807, 2.05) is 12.1 Å². The lowest BCUT2D eigenvalue weighted by Gasteiger charge is -2.33. The van der Waals surface area contributed by atoms with E-state index < -0.39 is 0 Å². The molecule has 0 saturated heterocycles. The van der Waals surface area contributed by atoms with Crippen molar-refractivity contribution >= 4 is 15.9 Å². The van der Waals surface area contributed by atoms with Gasteiger partial charge in [0.25, 0.3) is 0 Å². The van der Waals surface area contributed by atoms with Crippen LogP contribution in [0.2, 0.25) is 0 Å². The zero-order valence-electron chi connectivity index (χ0n) is 11.9. The molecule has 0 amide bonds. The number of likely N-dealkylation sites (N-methyl/N-ethyl adjacent to an activating group) is 1. The van der Waals surface area contributed by atoms with E-state index in [0.29, 0.717) is 0 Å². The second kappa shape index (κ2) is 7.07. The van der Waals surface area contributed by atoms with Crippen molar-refractivity contribution in [1.82, 2.24) is 4.90 Å². The average Bonchev–Trinajstić information content (AvgIpc) is 2.92. The first-order valence-corrected chi connectivity index (χ1v) is 7.68. The van der Waals surface area contributed by atoms with Gasteiger partial charge >= 0.3 is 0 Å². The van der Waals surface area contributed by atoms with Crippen molar-refractivity contribution in [3.8, 4) is 0 Å². The van der Waals surface area contributed by atoms with Gasteiger partial charge in [0.15, 0.2) is 0 Å². The van der Waals surface area contributed by atoms with Gasteiger partial charge in [-0.05, 0) is 43.3 Å². The monoisotopic (exact) mass is 336 g/mol. The van der Waals surface area contributed by atoms with Crippen LogP contribution in [0.15, 0.2) is 51.6 Å². The number of hydrogen-bond donors (Lipinski definition) is 1. The van der Waals surface area contributed by atoms with Gasteiger partial charge in [-0.2, -0.15) is 0 Å². The van der Waals surface area contributed by atoms with E-state index in [1.54, 1.807) is 6.26 Å². The van der Waals surface area contributed by atoms with Crippen LogP contribution in [-0.2, 0) is 6.54 Å². The second-order valence-corrected chi connectivity index (χ2v) is 5.91. The van der Waals surface area contributed by atoms with Gasteiger partial charge in [-0.1, -0.05) is 35.0 Å². The molecule has 0 radical (unpaired) electrons. The molecule has 2 atom stereocenters. The number of nitrogens with two attached hydrogens (primary N) is 1. The van der Waals surface area contributed by atoms with Crippen molar-refractivity contribution in [2.45, 2.75) is 32.5 Å². The Morgan fingerprint density at radius 1 is 1.25 bits per heavy atom. The van der Waals surface area contributed by atoms with E-state index in [2.05, 4.69) is 58.9 Å². The molecule has 108 valence electrons. The molecule has 0 spiro atoms. The summed E-state index contributed by atoms with van der Waals surface area (Å²) >= 11 is 3.47. The van der Waals surface area contributed by atoms with Crippen LogP contribution in [0, 0.1) is 0 Å². The van der Waals surface area contributed by atoms with Crippen molar-refractivity contribution in [3.63, 3.8) is 0 Å². The standard InChI is InChI=1S/C16H21BrN2O/c1-3-19(11-15-5-4-10-20-15)16(12(2)18)13-6-8-14(17)9-7-13/h4-10,12,16H,3,11,18H2,1-2H3. The van der Waals surface area contributed by atoms with Gasteiger partial charge in [-0.3, -0.25) is 4.90 Å². The molecule has 1 aromatic heterocycles. The zero-order chi connectivity index (χ0) is 14.5. The first-order chi connectivity index (χ1) is 9.61. The molecular formula is C16H21BrN2O. The van der Waals surface area contributed by atoms with Crippen LogP contribution in [0.25, 0.3) is 0 Å². The Morgan fingerprint density at radius 2 is 1.95 bits per heavy atom. The minimum atomic E-state index is 0.0473. The molecule has 1 heterocycles. The van der Waals surface area contributed by atoms with Crippen LogP contribution in [-0.4, -0.2) is 17.5 Å². The van der Waals surface area contributed by atoms with E-state index in [1.165, 1.54) is 5.56 Å². The van der Waals surface area contributed by atoms with E-state index in [0.717, 1.165) is 23.3 Å². The lowest BCUT2D eigenvalue weighted by Crippen LogP contribution is -2.39. The van der Waals surface area contributed by atoms with Gasteiger partial charge in [0.2, 0.25) is 0 Å². The zero-order valence-corrected chi connectivity index (χ0v) is 13.5. The van der Waals surface area contributed by atoms with Gasteiger partial charge < -0.3 is 10.2 Å². The Morgan fingerprint density at radius 3 is 2.45 bits per heavy atom. The predicted molar refractivity (Wildman–Crippen MR) is 85.3 cm³/mol. The number of furan rings is 1. The fourth-order valence-corrected chi connectivity index (χ4v) is 2.78. The number of benzene rings is 1. The number of rotatable bonds is 6. The summed E-state index contributed by atoms with van der Waals surface area (Å²) in [7, 11) is 0. The number of nitrogens with zero attached hydrogens (tertiary/aromatic N) is 1. The van der Waals surface area contributed by atoms with Gasteiger partial charge in [-0.25, -0.2) is 0 Å². The molecule has 1 aromatic carbocycles. The molecule has 3 nitrogen and oxygen atoms in total. The molecule has 2 rings (SSSR count). The first-order valence-electron chi connectivity index (χ1n) is 6.89.